The maximum atomic E-state index is 11.9. The minimum absolute atomic E-state index is 0.0641. The van der Waals surface area contributed by atoms with E-state index in [9.17, 15) is 13.2 Å². The molecule has 0 heterocycles. The van der Waals surface area contributed by atoms with Crippen LogP contribution in [0.2, 0.25) is 0 Å². The smallest absolute Gasteiger partial charge is 0.242 e. The molecule has 1 aromatic carbocycles. The van der Waals surface area contributed by atoms with Gasteiger partial charge < -0.3 is 16.4 Å². The van der Waals surface area contributed by atoms with E-state index in [1.807, 2.05) is 13.8 Å². The first-order valence-electron chi connectivity index (χ1n) is 6.62. The molecule has 0 spiro atoms. The molecule has 21 heavy (non-hydrogen) atoms. The van der Waals surface area contributed by atoms with Crippen LogP contribution < -0.4 is 21.1 Å². The number of hydrogen-bond donors (Lipinski definition) is 4. The topological polar surface area (TPSA) is 113 Å². The zero-order valence-corrected chi connectivity index (χ0v) is 13.3. The van der Waals surface area contributed by atoms with Gasteiger partial charge in [0.25, 0.3) is 0 Å². The Kier molecular flexibility index (Phi) is 5.98. The van der Waals surface area contributed by atoms with Gasteiger partial charge in [-0.1, -0.05) is 0 Å². The highest BCUT2D eigenvalue weighted by Gasteiger charge is 2.17. The molecular formula is C13H22N4O3S. The highest BCUT2D eigenvalue weighted by Crippen LogP contribution is 2.23. The van der Waals surface area contributed by atoms with E-state index in [1.54, 1.807) is 12.1 Å². The molecule has 8 heteroatoms. The Bertz CT molecular complexity index is 599. The monoisotopic (exact) mass is 314 g/mol. The van der Waals surface area contributed by atoms with Crippen molar-refractivity contribution in [3.05, 3.63) is 18.2 Å². The third-order valence-corrected chi connectivity index (χ3v) is 4.14. The molecule has 0 aromatic heterocycles. The van der Waals surface area contributed by atoms with Crippen LogP contribution in [-0.2, 0) is 14.8 Å². The summed E-state index contributed by atoms with van der Waals surface area (Å²) in [4.78, 5) is 11.6. The van der Waals surface area contributed by atoms with Gasteiger partial charge >= 0.3 is 0 Å². The van der Waals surface area contributed by atoms with E-state index in [4.69, 9.17) is 5.73 Å². The molecule has 0 bridgehead atoms. The van der Waals surface area contributed by atoms with E-state index in [0.29, 0.717) is 17.9 Å². The standard InChI is InChI=1S/C13H22N4O3S/c1-9(2)17-13(18)6-7-16-11-5-4-10(14)8-12(11)21(19,20)15-3/h4-5,8-9,15-16H,6-7,14H2,1-3H3,(H,17,18). The summed E-state index contributed by atoms with van der Waals surface area (Å²) in [6, 6.07) is 4.64. The van der Waals surface area contributed by atoms with Gasteiger partial charge in [-0.05, 0) is 39.1 Å². The third-order valence-electron chi connectivity index (χ3n) is 2.68. The quantitative estimate of drug-likeness (QED) is 0.547. The average molecular weight is 314 g/mol. The summed E-state index contributed by atoms with van der Waals surface area (Å²) in [5, 5.41) is 5.71. The number of nitrogens with two attached hydrogens (primary N) is 1. The summed E-state index contributed by atoms with van der Waals surface area (Å²) in [6.45, 7) is 4.08. The average Bonchev–Trinajstić information content (AvgIpc) is 2.39. The zero-order valence-electron chi connectivity index (χ0n) is 12.4. The second-order valence-electron chi connectivity index (χ2n) is 4.86. The fraction of sp³-hybridized carbons (Fsp3) is 0.462. The molecule has 0 fully saturated rings. The molecule has 1 amide bonds. The summed E-state index contributed by atoms with van der Waals surface area (Å²) < 4.78 is 26.1. The maximum Gasteiger partial charge on any atom is 0.242 e. The van der Waals surface area contributed by atoms with Crippen LogP contribution in [0, 0.1) is 0 Å². The van der Waals surface area contributed by atoms with Gasteiger partial charge in [0.15, 0.2) is 0 Å². The molecule has 0 unspecified atom stereocenters. The van der Waals surface area contributed by atoms with Gasteiger partial charge in [-0.25, -0.2) is 13.1 Å². The number of amides is 1. The van der Waals surface area contributed by atoms with Gasteiger partial charge in [0, 0.05) is 24.7 Å². The van der Waals surface area contributed by atoms with Gasteiger partial charge in [-0.15, -0.1) is 0 Å². The number of carbonyl (C=O) groups excluding carboxylic acids is 1. The lowest BCUT2D eigenvalue weighted by Gasteiger charge is -2.13. The van der Waals surface area contributed by atoms with Gasteiger partial charge in [-0.2, -0.15) is 0 Å². The SMILES string of the molecule is CNS(=O)(=O)c1cc(N)ccc1NCCC(=O)NC(C)C. The summed E-state index contributed by atoms with van der Waals surface area (Å²) in [7, 11) is -2.28. The molecular weight excluding hydrogens is 292 g/mol. The Balaban J connectivity index is 2.78. The molecule has 0 aliphatic rings. The number of nitrogens with one attached hydrogen (secondary N) is 3. The maximum absolute atomic E-state index is 11.9. The van der Waals surface area contributed by atoms with Crippen molar-refractivity contribution in [2.24, 2.45) is 0 Å². The van der Waals surface area contributed by atoms with E-state index < -0.39 is 10.0 Å². The molecule has 1 aromatic rings. The van der Waals surface area contributed by atoms with E-state index in [1.165, 1.54) is 13.1 Å². The van der Waals surface area contributed by atoms with E-state index in [0.717, 1.165) is 0 Å². The molecule has 0 aliphatic carbocycles. The fourth-order valence-corrected chi connectivity index (χ4v) is 2.66. The summed E-state index contributed by atoms with van der Waals surface area (Å²) in [5.41, 5.74) is 6.39. The van der Waals surface area contributed by atoms with Crippen molar-refractivity contribution in [2.75, 3.05) is 24.6 Å². The number of hydrogen-bond acceptors (Lipinski definition) is 5. The lowest BCUT2D eigenvalue weighted by molar-refractivity contribution is -0.121. The van der Waals surface area contributed by atoms with Crippen molar-refractivity contribution >= 4 is 27.3 Å². The Morgan fingerprint density at radius 2 is 2.00 bits per heavy atom. The molecule has 0 atom stereocenters. The Morgan fingerprint density at radius 1 is 1.33 bits per heavy atom. The number of benzene rings is 1. The number of anilines is 2. The molecule has 5 N–H and O–H groups in total. The van der Waals surface area contributed by atoms with Gasteiger partial charge in [0.1, 0.15) is 4.90 Å². The molecule has 0 aliphatic heterocycles. The second kappa shape index (κ2) is 7.28. The van der Waals surface area contributed by atoms with E-state index in [2.05, 4.69) is 15.4 Å². The first kappa shape index (κ1) is 17.3. The van der Waals surface area contributed by atoms with Gasteiger partial charge in [0.05, 0.1) is 5.69 Å². The Labute approximate surface area is 125 Å². The minimum Gasteiger partial charge on any atom is -0.399 e. The predicted octanol–water partition coefficient (Wildman–Crippen LogP) is 0.504. The predicted molar refractivity (Wildman–Crippen MR) is 83.5 cm³/mol. The molecule has 1 rings (SSSR count). The summed E-state index contributed by atoms with van der Waals surface area (Å²) in [6.07, 6.45) is 0.252. The van der Waals surface area contributed by atoms with Crippen LogP contribution in [0.5, 0.6) is 0 Å². The lowest BCUT2D eigenvalue weighted by atomic mass is 10.2. The lowest BCUT2D eigenvalue weighted by Crippen LogP contribution is -2.31. The highest BCUT2D eigenvalue weighted by molar-refractivity contribution is 7.89. The first-order valence-corrected chi connectivity index (χ1v) is 8.11. The molecule has 0 saturated heterocycles. The van der Waals surface area contributed by atoms with Crippen molar-refractivity contribution in [3.63, 3.8) is 0 Å². The van der Waals surface area contributed by atoms with Crippen molar-refractivity contribution in [3.8, 4) is 0 Å². The fourth-order valence-electron chi connectivity index (χ4n) is 1.72. The van der Waals surface area contributed by atoms with Gasteiger partial charge in [0.2, 0.25) is 15.9 Å². The normalized spacial score (nSPS) is 11.4. The second-order valence-corrected chi connectivity index (χ2v) is 6.72. The van der Waals surface area contributed by atoms with Gasteiger partial charge in [-0.3, -0.25) is 4.79 Å². The number of nitrogen functional groups attached to an aromatic ring is 1. The first-order chi connectivity index (χ1) is 9.76. The molecule has 7 nitrogen and oxygen atoms in total. The Hall–Kier alpha value is -1.80. The Morgan fingerprint density at radius 3 is 2.57 bits per heavy atom. The van der Waals surface area contributed by atoms with Crippen LogP contribution in [-0.4, -0.2) is 34.0 Å². The van der Waals surface area contributed by atoms with Crippen LogP contribution in [0.3, 0.4) is 0 Å². The van der Waals surface area contributed by atoms with Crippen LogP contribution in [0.25, 0.3) is 0 Å². The number of sulfonamides is 1. The molecule has 0 radical (unpaired) electrons. The zero-order chi connectivity index (χ0) is 16.0. The minimum atomic E-state index is -3.61. The molecule has 118 valence electrons. The van der Waals surface area contributed by atoms with Crippen molar-refractivity contribution < 1.29 is 13.2 Å². The molecule has 0 saturated carbocycles. The van der Waals surface area contributed by atoms with Crippen LogP contribution in [0.4, 0.5) is 11.4 Å². The van der Waals surface area contributed by atoms with Crippen LogP contribution in [0.1, 0.15) is 20.3 Å². The summed E-state index contributed by atoms with van der Waals surface area (Å²) in [5.74, 6) is -0.0917. The van der Waals surface area contributed by atoms with E-state index in [-0.39, 0.29) is 23.3 Å². The van der Waals surface area contributed by atoms with Crippen molar-refractivity contribution in [1.82, 2.24) is 10.0 Å². The van der Waals surface area contributed by atoms with Crippen molar-refractivity contribution in [2.45, 2.75) is 31.2 Å². The largest absolute Gasteiger partial charge is 0.399 e. The van der Waals surface area contributed by atoms with Crippen LogP contribution >= 0.6 is 0 Å². The van der Waals surface area contributed by atoms with E-state index >= 15 is 0 Å². The van der Waals surface area contributed by atoms with Crippen LogP contribution in [0.15, 0.2) is 23.1 Å². The summed E-state index contributed by atoms with van der Waals surface area (Å²) >= 11 is 0. The third kappa shape index (κ3) is 5.24. The van der Waals surface area contributed by atoms with Crippen molar-refractivity contribution in [1.29, 1.82) is 0 Å². The highest BCUT2D eigenvalue weighted by atomic mass is 32.2. The number of carbonyl (C=O) groups is 1. The number of rotatable bonds is 7.